The van der Waals surface area contributed by atoms with Gasteiger partial charge in [-0.3, -0.25) is 0 Å². The molecule has 1 heterocycles. The van der Waals surface area contributed by atoms with Gasteiger partial charge in [-0.1, -0.05) is 12.1 Å². The highest BCUT2D eigenvalue weighted by Gasteiger charge is 2.14. The van der Waals surface area contributed by atoms with Crippen LogP contribution in [0.4, 0.5) is 0 Å². The lowest BCUT2D eigenvalue weighted by Gasteiger charge is -2.28. The van der Waals surface area contributed by atoms with Gasteiger partial charge in [-0.2, -0.15) is 0 Å². The van der Waals surface area contributed by atoms with Crippen LogP contribution in [0.1, 0.15) is 34.7 Å². The summed E-state index contributed by atoms with van der Waals surface area (Å²) in [4.78, 5) is 2.51. The van der Waals surface area contributed by atoms with Crippen LogP contribution in [0.2, 0.25) is 0 Å². The molecule has 1 saturated heterocycles. The van der Waals surface area contributed by atoms with E-state index < -0.39 is 0 Å². The van der Waals surface area contributed by atoms with Crippen LogP contribution >= 0.6 is 0 Å². The average molecular weight is 261 g/mol. The van der Waals surface area contributed by atoms with Gasteiger partial charge in [0.2, 0.25) is 0 Å². The Balaban J connectivity index is 1.95. The third-order valence-electron chi connectivity index (χ3n) is 4.47. The van der Waals surface area contributed by atoms with Crippen molar-refractivity contribution in [3.05, 3.63) is 34.4 Å². The summed E-state index contributed by atoms with van der Waals surface area (Å²) in [6.45, 7) is 12.2. The first-order chi connectivity index (χ1) is 9.09. The minimum Gasteiger partial charge on any atom is -0.324 e. The van der Waals surface area contributed by atoms with E-state index in [0.29, 0.717) is 0 Å². The SMILES string of the molecule is Cc1ccc(C(N)CCN2CCNCC2)c(C)c1C. The Labute approximate surface area is 117 Å². The molecule has 1 aliphatic heterocycles. The predicted octanol–water partition coefficient (Wildman–Crippen LogP) is 1.91. The van der Waals surface area contributed by atoms with Crippen molar-refractivity contribution in [2.24, 2.45) is 5.73 Å². The quantitative estimate of drug-likeness (QED) is 0.870. The van der Waals surface area contributed by atoms with Gasteiger partial charge in [-0.15, -0.1) is 0 Å². The van der Waals surface area contributed by atoms with Gasteiger partial charge < -0.3 is 16.0 Å². The molecule has 1 aliphatic rings. The standard InChI is InChI=1S/C16H27N3/c1-12-4-5-15(14(3)13(12)2)16(17)6-9-19-10-7-18-8-11-19/h4-5,16,18H,6-11,17H2,1-3H3. The molecule has 3 nitrogen and oxygen atoms in total. The number of piperazine rings is 1. The second-order valence-electron chi connectivity index (χ2n) is 5.71. The van der Waals surface area contributed by atoms with Crippen molar-refractivity contribution in [3.8, 4) is 0 Å². The molecule has 1 unspecified atom stereocenters. The Morgan fingerprint density at radius 2 is 1.84 bits per heavy atom. The molecule has 19 heavy (non-hydrogen) atoms. The monoisotopic (exact) mass is 261 g/mol. The van der Waals surface area contributed by atoms with Gasteiger partial charge >= 0.3 is 0 Å². The Hall–Kier alpha value is -0.900. The van der Waals surface area contributed by atoms with Crippen LogP contribution in [-0.2, 0) is 0 Å². The first-order valence-electron chi connectivity index (χ1n) is 7.35. The summed E-state index contributed by atoms with van der Waals surface area (Å²) in [5.41, 5.74) is 11.8. The van der Waals surface area contributed by atoms with Gasteiger partial charge in [0.25, 0.3) is 0 Å². The molecule has 106 valence electrons. The molecule has 0 aromatic heterocycles. The molecule has 0 amide bonds. The van der Waals surface area contributed by atoms with Gasteiger partial charge in [0.05, 0.1) is 0 Å². The van der Waals surface area contributed by atoms with Crippen LogP contribution in [0, 0.1) is 20.8 Å². The molecule has 3 N–H and O–H groups in total. The number of nitrogens with one attached hydrogen (secondary N) is 1. The largest absolute Gasteiger partial charge is 0.324 e. The van der Waals surface area contributed by atoms with E-state index in [9.17, 15) is 0 Å². The Bertz CT molecular complexity index is 422. The highest BCUT2D eigenvalue weighted by atomic mass is 15.2. The zero-order valence-corrected chi connectivity index (χ0v) is 12.5. The van der Waals surface area contributed by atoms with E-state index in [2.05, 4.69) is 43.1 Å². The smallest absolute Gasteiger partial charge is 0.0309 e. The predicted molar refractivity (Wildman–Crippen MR) is 81.5 cm³/mol. The first kappa shape index (κ1) is 14.5. The number of nitrogens with zero attached hydrogens (tertiary/aromatic N) is 1. The second kappa shape index (κ2) is 6.51. The summed E-state index contributed by atoms with van der Waals surface area (Å²) >= 11 is 0. The van der Waals surface area contributed by atoms with Crippen LogP contribution in [0.5, 0.6) is 0 Å². The lowest BCUT2D eigenvalue weighted by molar-refractivity contribution is 0.233. The summed E-state index contributed by atoms with van der Waals surface area (Å²) < 4.78 is 0. The number of benzene rings is 1. The van der Waals surface area contributed by atoms with E-state index in [1.165, 1.54) is 22.3 Å². The van der Waals surface area contributed by atoms with E-state index in [4.69, 9.17) is 5.73 Å². The van der Waals surface area contributed by atoms with Crippen molar-refractivity contribution in [3.63, 3.8) is 0 Å². The molecule has 0 bridgehead atoms. The fourth-order valence-corrected chi connectivity index (χ4v) is 2.79. The molecular formula is C16H27N3. The number of hydrogen-bond donors (Lipinski definition) is 2. The molecule has 1 atom stereocenters. The molecule has 0 aliphatic carbocycles. The van der Waals surface area contributed by atoms with E-state index in [1.54, 1.807) is 0 Å². The van der Waals surface area contributed by atoms with Crippen molar-refractivity contribution in [1.82, 2.24) is 10.2 Å². The summed E-state index contributed by atoms with van der Waals surface area (Å²) in [6.07, 6.45) is 1.04. The van der Waals surface area contributed by atoms with Crippen molar-refractivity contribution in [2.75, 3.05) is 32.7 Å². The third kappa shape index (κ3) is 3.56. The van der Waals surface area contributed by atoms with Crippen molar-refractivity contribution in [2.45, 2.75) is 33.2 Å². The van der Waals surface area contributed by atoms with E-state index >= 15 is 0 Å². The molecule has 0 spiro atoms. The second-order valence-corrected chi connectivity index (χ2v) is 5.71. The summed E-state index contributed by atoms with van der Waals surface area (Å²) in [6, 6.07) is 4.57. The molecule has 1 aromatic rings. The molecule has 2 rings (SSSR count). The van der Waals surface area contributed by atoms with E-state index in [-0.39, 0.29) is 6.04 Å². The maximum absolute atomic E-state index is 6.39. The van der Waals surface area contributed by atoms with Crippen LogP contribution in [0.25, 0.3) is 0 Å². The Kier molecular flexibility index (Phi) is 4.97. The maximum Gasteiger partial charge on any atom is 0.0309 e. The molecule has 1 aromatic carbocycles. The highest BCUT2D eigenvalue weighted by Crippen LogP contribution is 2.23. The van der Waals surface area contributed by atoms with Crippen LogP contribution in [0.15, 0.2) is 12.1 Å². The molecule has 0 radical (unpaired) electrons. The average Bonchev–Trinajstić information content (AvgIpc) is 2.43. The van der Waals surface area contributed by atoms with Gasteiger partial charge in [0.1, 0.15) is 0 Å². The van der Waals surface area contributed by atoms with Crippen molar-refractivity contribution >= 4 is 0 Å². The Morgan fingerprint density at radius 3 is 2.53 bits per heavy atom. The summed E-state index contributed by atoms with van der Waals surface area (Å²) in [5.74, 6) is 0. The minimum atomic E-state index is 0.161. The van der Waals surface area contributed by atoms with Gasteiger partial charge in [0.15, 0.2) is 0 Å². The van der Waals surface area contributed by atoms with Crippen molar-refractivity contribution in [1.29, 1.82) is 0 Å². The fraction of sp³-hybridized carbons (Fsp3) is 0.625. The van der Waals surface area contributed by atoms with Crippen molar-refractivity contribution < 1.29 is 0 Å². The lowest BCUT2D eigenvalue weighted by atomic mass is 9.93. The van der Waals surface area contributed by atoms with Gasteiger partial charge in [-0.25, -0.2) is 0 Å². The third-order valence-corrected chi connectivity index (χ3v) is 4.47. The van der Waals surface area contributed by atoms with Crippen LogP contribution in [-0.4, -0.2) is 37.6 Å². The highest BCUT2D eigenvalue weighted by molar-refractivity contribution is 5.40. The van der Waals surface area contributed by atoms with Gasteiger partial charge in [-0.05, 0) is 49.4 Å². The summed E-state index contributed by atoms with van der Waals surface area (Å²) in [7, 11) is 0. The fourth-order valence-electron chi connectivity index (χ4n) is 2.79. The number of hydrogen-bond acceptors (Lipinski definition) is 3. The molecule has 0 saturated carbocycles. The number of aryl methyl sites for hydroxylation is 1. The number of nitrogens with two attached hydrogens (primary N) is 1. The van der Waals surface area contributed by atoms with Gasteiger partial charge in [0, 0.05) is 38.8 Å². The van der Waals surface area contributed by atoms with E-state index in [1.807, 2.05) is 0 Å². The van der Waals surface area contributed by atoms with Crippen LogP contribution in [0.3, 0.4) is 0 Å². The molecular weight excluding hydrogens is 234 g/mol. The van der Waals surface area contributed by atoms with E-state index in [0.717, 1.165) is 39.1 Å². The summed E-state index contributed by atoms with van der Waals surface area (Å²) in [5, 5.41) is 3.38. The zero-order chi connectivity index (χ0) is 13.8. The normalized spacial score (nSPS) is 18.5. The first-order valence-corrected chi connectivity index (χ1v) is 7.35. The minimum absolute atomic E-state index is 0.161. The molecule has 1 fully saturated rings. The Morgan fingerprint density at radius 1 is 1.16 bits per heavy atom. The van der Waals surface area contributed by atoms with Crippen LogP contribution < -0.4 is 11.1 Å². The number of rotatable bonds is 4. The zero-order valence-electron chi connectivity index (χ0n) is 12.5. The topological polar surface area (TPSA) is 41.3 Å². The maximum atomic E-state index is 6.39. The lowest BCUT2D eigenvalue weighted by Crippen LogP contribution is -2.44. The molecule has 3 heteroatoms.